The lowest BCUT2D eigenvalue weighted by Gasteiger charge is -2.38. The summed E-state index contributed by atoms with van der Waals surface area (Å²) in [4.78, 5) is 45.1. The topological polar surface area (TPSA) is 79.6 Å². The fourth-order valence-corrected chi connectivity index (χ4v) is 7.09. The van der Waals surface area contributed by atoms with Crippen molar-refractivity contribution in [2.45, 2.75) is 17.5 Å². The van der Waals surface area contributed by atoms with E-state index in [1.165, 1.54) is 12.3 Å². The van der Waals surface area contributed by atoms with E-state index >= 15 is 0 Å². The number of nitrogens with zero attached hydrogens (tertiary/aromatic N) is 1. The molecule has 4 unspecified atom stereocenters. The molecule has 1 fully saturated rings. The van der Waals surface area contributed by atoms with E-state index in [0.29, 0.717) is 16.3 Å². The Hall–Kier alpha value is -4.13. The van der Waals surface area contributed by atoms with Gasteiger partial charge in [0.2, 0.25) is 11.7 Å². The normalized spacial score (nSPS) is 24.3. The number of nitrogens with one attached hydrogen (secondary N) is 1. The summed E-state index contributed by atoms with van der Waals surface area (Å²) in [5.74, 6) is -2.22. The number of carbonyl (C=O) groups is 3. The smallest absolute Gasteiger partial charge is 0.238 e. The highest BCUT2D eigenvalue weighted by Gasteiger charge is 2.71. The molecule has 0 saturated carbocycles. The van der Waals surface area contributed by atoms with Crippen LogP contribution in [0.4, 0.5) is 5.69 Å². The van der Waals surface area contributed by atoms with Crippen molar-refractivity contribution in [2.24, 2.45) is 5.92 Å². The van der Waals surface area contributed by atoms with Gasteiger partial charge in [0, 0.05) is 22.5 Å². The van der Waals surface area contributed by atoms with Gasteiger partial charge in [-0.3, -0.25) is 14.4 Å². The monoisotopic (exact) mass is 554 g/mol. The Morgan fingerprint density at radius 2 is 1.72 bits per heavy atom. The van der Waals surface area contributed by atoms with Crippen LogP contribution in [0.3, 0.4) is 0 Å². The van der Waals surface area contributed by atoms with Crippen LogP contribution in [0.15, 0.2) is 95.7 Å². The van der Waals surface area contributed by atoms with Crippen molar-refractivity contribution in [2.75, 3.05) is 5.32 Å². The predicted molar refractivity (Wildman–Crippen MR) is 148 cm³/mol. The van der Waals surface area contributed by atoms with Crippen LogP contribution >= 0.6 is 23.2 Å². The number of halogens is 2. The van der Waals surface area contributed by atoms with E-state index in [0.717, 1.165) is 11.1 Å². The molecule has 6 nitrogen and oxygen atoms in total. The molecule has 0 radical (unpaired) electrons. The van der Waals surface area contributed by atoms with Gasteiger partial charge in [-0.05, 0) is 59.2 Å². The third kappa shape index (κ3) is 3.25. The molecule has 1 spiro atoms. The van der Waals surface area contributed by atoms with Crippen molar-refractivity contribution in [3.63, 3.8) is 0 Å². The number of rotatable bonds is 4. The third-order valence-corrected chi connectivity index (χ3v) is 8.63. The summed E-state index contributed by atoms with van der Waals surface area (Å²) in [6.07, 6.45) is 5.12. The number of anilines is 1. The van der Waals surface area contributed by atoms with Crippen molar-refractivity contribution < 1.29 is 18.8 Å². The number of benzene rings is 3. The van der Waals surface area contributed by atoms with E-state index in [9.17, 15) is 14.4 Å². The van der Waals surface area contributed by atoms with Gasteiger partial charge in [-0.2, -0.15) is 0 Å². The molecule has 1 saturated heterocycles. The van der Waals surface area contributed by atoms with Crippen LogP contribution in [-0.4, -0.2) is 28.4 Å². The quantitative estimate of drug-likeness (QED) is 0.288. The fourth-order valence-electron chi connectivity index (χ4n) is 6.59. The van der Waals surface area contributed by atoms with Crippen molar-refractivity contribution in [3.8, 4) is 0 Å². The van der Waals surface area contributed by atoms with Crippen LogP contribution in [-0.2, 0) is 10.2 Å². The van der Waals surface area contributed by atoms with E-state index < -0.39 is 29.2 Å². The second kappa shape index (κ2) is 8.70. The highest BCUT2D eigenvalue weighted by Crippen LogP contribution is 2.62. The average molecular weight is 555 g/mol. The Labute approximate surface area is 233 Å². The predicted octanol–water partition coefficient (Wildman–Crippen LogP) is 6.57. The van der Waals surface area contributed by atoms with E-state index in [2.05, 4.69) is 5.32 Å². The zero-order valence-corrected chi connectivity index (χ0v) is 21.8. The van der Waals surface area contributed by atoms with Gasteiger partial charge >= 0.3 is 0 Å². The number of para-hydroxylation sites is 1. The fraction of sp³-hybridized carbons (Fsp3) is 0.129. The lowest BCUT2D eigenvalue weighted by atomic mass is 9.63. The first-order valence-electron chi connectivity index (χ1n) is 12.5. The van der Waals surface area contributed by atoms with Crippen molar-refractivity contribution >= 4 is 52.4 Å². The summed E-state index contributed by atoms with van der Waals surface area (Å²) >= 11 is 12.7. The van der Waals surface area contributed by atoms with E-state index in [4.69, 9.17) is 27.6 Å². The first kappa shape index (κ1) is 23.9. The highest BCUT2D eigenvalue weighted by atomic mass is 35.5. The van der Waals surface area contributed by atoms with Gasteiger partial charge in [-0.15, -0.1) is 0 Å². The molecule has 3 aliphatic heterocycles. The van der Waals surface area contributed by atoms with Gasteiger partial charge in [0.1, 0.15) is 11.5 Å². The van der Waals surface area contributed by atoms with E-state index in [1.54, 1.807) is 24.3 Å². The van der Waals surface area contributed by atoms with E-state index in [1.807, 2.05) is 65.7 Å². The van der Waals surface area contributed by atoms with Crippen LogP contribution in [0.1, 0.15) is 43.6 Å². The second-order valence-corrected chi connectivity index (χ2v) is 10.8. The third-order valence-electron chi connectivity index (χ3n) is 8.08. The lowest BCUT2D eigenvalue weighted by molar-refractivity contribution is -0.122. The molecule has 0 bridgehead atoms. The van der Waals surface area contributed by atoms with Gasteiger partial charge in [-0.25, -0.2) is 0 Å². The molecule has 1 amide bonds. The molecule has 192 valence electrons. The van der Waals surface area contributed by atoms with E-state index in [-0.39, 0.29) is 28.0 Å². The number of carbonyl (C=O) groups excluding carboxylic acids is 3. The number of fused-ring (bicyclic) bond motifs is 6. The summed E-state index contributed by atoms with van der Waals surface area (Å²) < 4.78 is 5.56. The molecule has 4 aromatic rings. The molecular formula is C31H20Cl2N2O4. The molecular weight excluding hydrogens is 535 g/mol. The molecule has 1 N–H and O–H groups in total. The standard InChI is InChI=1S/C31H20Cl2N2O4/c32-18-11-12-20(22(33)16-18)27(36)26-25(28(37)24-10-5-15-39-24)31(21-8-3-4-9-23(21)34-30(31)38)29-19-7-2-1-6-17(19)13-14-35(26)29/h1-16,25-26,29H,(H,34,38). The Balaban J connectivity index is 1.55. The molecule has 4 heterocycles. The van der Waals surface area contributed by atoms with Crippen LogP contribution in [0.25, 0.3) is 6.08 Å². The van der Waals surface area contributed by atoms with Crippen molar-refractivity contribution in [1.82, 2.24) is 4.90 Å². The SMILES string of the molecule is O=C(c1ccc(Cl)cc1Cl)C1C(C(=O)c2ccco2)C2(C(=O)Nc3ccccc32)C2c3ccccc3C=CN12. The lowest BCUT2D eigenvalue weighted by Crippen LogP contribution is -2.49. The van der Waals surface area contributed by atoms with Crippen molar-refractivity contribution in [3.05, 3.63) is 129 Å². The number of hydrogen-bond donors (Lipinski definition) is 1. The van der Waals surface area contributed by atoms with Crippen molar-refractivity contribution in [1.29, 1.82) is 0 Å². The molecule has 3 aromatic carbocycles. The molecule has 4 atom stereocenters. The van der Waals surface area contributed by atoms with Crippen LogP contribution in [0.2, 0.25) is 10.0 Å². The summed E-state index contributed by atoms with van der Waals surface area (Å²) in [6, 6.07) is 21.2. The van der Waals surface area contributed by atoms with Gasteiger partial charge in [0.05, 0.1) is 23.2 Å². The molecule has 39 heavy (non-hydrogen) atoms. The average Bonchev–Trinajstić information content (AvgIpc) is 3.65. The van der Waals surface area contributed by atoms with Gasteiger partial charge < -0.3 is 14.6 Å². The zero-order chi connectivity index (χ0) is 26.9. The second-order valence-electron chi connectivity index (χ2n) is 9.92. The Morgan fingerprint density at radius 3 is 2.51 bits per heavy atom. The molecule has 3 aliphatic rings. The molecule has 7 rings (SSSR count). The maximum absolute atomic E-state index is 14.5. The minimum atomic E-state index is -1.43. The first-order chi connectivity index (χ1) is 18.9. The summed E-state index contributed by atoms with van der Waals surface area (Å²) in [5.41, 5.74) is 1.83. The summed E-state index contributed by atoms with van der Waals surface area (Å²) in [6.45, 7) is 0. The highest BCUT2D eigenvalue weighted by molar-refractivity contribution is 6.37. The number of furan rings is 1. The molecule has 8 heteroatoms. The van der Waals surface area contributed by atoms with Gasteiger partial charge in [0.15, 0.2) is 11.5 Å². The van der Waals surface area contributed by atoms with Crippen LogP contribution in [0, 0.1) is 5.92 Å². The molecule has 1 aromatic heterocycles. The maximum atomic E-state index is 14.5. The number of amides is 1. The van der Waals surface area contributed by atoms with Gasteiger partial charge in [0.25, 0.3) is 0 Å². The Morgan fingerprint density at radius 1 is 0.923 bits per heavy atom. The zero-order valence-electron chi connectivity index (χ0n) is 20.3. The maximum Gasteiger partial charge on any atom is 0.238 e. The Bertz CT molecular complexity index is 1710. The van der Waals surface area contributed by atoms with Crippen LogP contribution < -0.4 is 5.32 Å². The van der Waals surface area contributed by atoms with Crippen LogP contribution in [0.5, 0.6) is 0 Å². The minimum absolute atomic E-state index is 0.0775. The first-order valence-corrected chi connectivity index (χ1v) is 13.2. The number of Topliss-reactive ketones (excluding diaryl/α,β-unsaturated/α-hetero) is 2. The molecule has 0 aliphatic carbocycles. The largest absolute Gasteiger partial charge is 0.461 e. The minimum Gasteiger partial charge on any atom is -0.461 e. The van der Waals surface area contributed by atoms with Gasteiger partial charge in [-0.1, -0.05) is 65.7 Å². The summed E-state index contributed by atoms with van der Waals surface area (Å²) in [7, 11) is 0. The Kier molecular flexibility index (Phi) is 5.34. The summed E-state index contributed by atoms with van der Waals surface area (Å²) in [5, 5.41) is 3.57. The number of hydrogen-bond acceptors (Lipinski definition) is 5. The number of ketones is 2.